The summed E-state index contributed by atoms with van der Waals surface area (Å²) in [4.78, 5) is 9.93. The third-order valence-electron chi connectivity index (χ3n) is 1.35. The summed E-state index contributed by atoms with van der Waals surface area (Å²) in [6, 6.07) is 0. The van der Waals surface area contributed by atoms with Crippen molar-refractivity contribution < 1.29 is 4.79 Å². The van der Waals surface area contributed by atoms with Crippen molar-refractivity contribution in [2.45, 2.75) is 13.8 Å². The lowest BCUT2D eigenvalue weighted by Crippen LogP contribution is -2.04. The average Bonchev–Trinajstić information content (AvgIpc) is 1.84. The first-order valence-corrected chi connectivity index (χ1v) is 2.72. The highest BCUT2D eigenvalue weighted by Crippen LogP contribution is 2.07. The summed E-state index contributed by atoms with van der Waals surface area (Å²) >= 11 is 0. The van der Waals surface area contributed by atoms with Gasteiger partial charge in [0.2, 0.25) is 6.29 Å². The third-order valence-corrected chi connectivity index (χ3v) is 1.35. The van der Waals surface area contributed by atoms with Gasteiger partial charge in [0.15, 0.2) is 0 Å². The van der Waals surface area contributed by atoms with Gasteiger partial charge in [-0.05, 0) is 5.92 Å². The molecule has 0 rings (SSSR count). The molecule has 0 amide bonds. The van der Waals surface area contributed by atoms with Gasteiger partial charge in [0.1, 0.15) is 0 Å². The van der Waals surface area contributed by atoms with Crippen LogP contribution in [0.25, 0.3) is 0 Å². The molecule has 45 valence electrons. The van der Waals surface area contributed by atoms with Crippen molar-refractivity contribution in [1.82, 2.24) is 0 Å². The van der Waals surface area contributed by atoms with Crippen molar-refractivity contribution in [3.8, 4) is 0 Å². The molecular weight excluding hydrogens is 100 g/mol. The smallest absolute Gasteiger partial charge is 0.202 e. The minimum Gasteiger partial charge on any atom is -0.291 e. The van der Waals surface area contributed by atoms with Crippen LogP contribution in [-0.4, -0.2) is 6.29 Å². The molecule has 0 saturated heterocycles. The maximum atomic E-state index is 9.93. The second-order valence-electron chi connectivity index (χ2n) is 2.00. The van der Waals surface area contributed by atoms with Gasteiger partial charge in [-0.15, -0.1) is 6.58 Å². The van der Waals surface area contributed by atoms with E-state index >= 15 is 0 Å². The summed E-state index contributed by atoms with van der Waals surface area (Å²) in [5.74, 6) is 0.250. The lowest BCUT2D eigenvalue weighted by molar-refractivity contribution is 0.495. The van der Waals surface area contributed by atoms with Crippen LogP contribution in [0, 0.1) is 11.8 Å². The summed E-state index contributed by atoms with van der Waals surface area (Å²) in [7, 11) is 0. The van der Waals surface area contributed by atoms with Crippen molar-refractivity contribution in [2.75, 3.05) is 0 Å². The lowest BCUT2D eigenvalue weighted by atomic mass is 9.98. The number of rotatable bonds is 3. The second kappa shape index (κ2) is 3.42. The normalized spacial score (nSPS) is 16.8. The van der Waals surface area contributed by atoms with E-state index in [2.05, 4.69) is 6.58 Å². The van der Waals surface area contributed by atoms with Gasteiger partial charge in [-0.2, -0.15) is 0 Å². The minimum absolute atomic E-state index is 0.00694. The van der Waals surface area contributed by atoms with Crippen LogP contribution >= 0.6 is 0 Å². The van der Waals surface area contributed by atoms with E-state index in [1.54, 1.807) is 6.08 Å². The Morgan fingerprint density at radius 2 is 2.12 bits per heavy atom. The van der Waals surface area contributed by atoms with E-state index in [1.807, 2.05) is 20.1 Å². The van der Waals surface area contributed by atoms with E-state index in [1.165, 1.54) is 0 Å². The fourth-order valence-electron chi connectivity index (χ4n) is 0.311. The summed E-state index contributed by atoms with van der Waals surface area (Å²) in [6.07, 6.45) is 3.65. The Labute approximate surface area is 50.4 Å². The van der Waals surface area contributed by atoms with Crippen LogP contribution in [0.1, 0.15) is 13.8 Å². The number of hydrogen-bond acceptors (Lipinski definition) is 1. The molecule has 1 nitrogen and oxygen atoms in total. The van der Waals surface area contributed by atoms with Gasteiger partial charge in [0, 0.05) is 5.92 Å². The monoisotopic (exact) mass is 111 g/mol. The highest BCUT2D eigenvalue weighted by atomic mass is 16.1. The van der Waals surface area contributed by atoms with Gasteiger partial charge in [-0.25, -0.2) is 0 Å². The molecule has 0 saturated carbocycles. The number of hydrogen-bond donors (Lipinski definition) is 0. The molecular formula is C7H11O. The standard InChI is InChI=1S/C7H11O/c1-4-6(2)7(3)5-8/h4,6-7H,1H2,2-3H3. The molecule has 0 spiro atoms. The molecule has 0 aliphatic carbocycles. The molecule has 8 heavy (non-hydrogen) atoms. The zero-order valence-electron chi connectivity index (χ0n) is 5.35. The highest BCUT2D eigenvalue weighted by molar-refractivity contribution is 5.54. The first-order valence-electron chi connectivity index (χ1n) is 2.72. The van der Waals surface area contributed by atoms with Crippen molar-refractivity contribution >= 4 is 6.29 Å². The van der Waals surface area contributed by atoms with Gasteiger partial charge in [0.05, 0.1) is 0 Å². The van der Waals surface area contributed by atoms with Crippen molar-refractivity contribution in [3.63, 3.8) is 0 Å². The van der Waals surface area contributed by atoms with Crippen LogP contribution in [0.3, 0.4) is 0 Å². The van der Waals surface area contributed by atoms with Crippen molar-refractivity contribution in [3.05, 3.63) is 12.7 Å². The van der Waals surface area contributed by atoms with Gasteiger partial charge in [-0.3, -0.25) is 4.79 Å². The van der Waals surface area contributed by atoms with E-state index in [0.717, 1.165) is 0 Å². The molecule has 0 aliphatic rings. The topological polar surface area (TPSA) is 17.1 Å². The fraction of sp³-hybridized carbons (Fsp3) is 0.571. The Morgan fingerprint density at radius 3 is 2.25 bits per heavy atom. The molecule has 1 heteroatoms. The molecule has 1 radical (unpaired) electrons. The van der Waals surface area contributed by atoms with E-state index in [0.29, 0.717) is 0 Å². The van der Waals surface area contributed by atoms with Gasteiger partial charge in [-0.1, -0.05) is 19.9 Å². The zero-order valence-corrected chi connectivity index (χ0v) is 5.35. The van der Waals surface area contributed by atoms with Gasteiger partial charge < -0.3 is 0 Å². The molecule has 0 fully saturated rings. The van der Waals surface area contributed by atoms with Crippen molar-refractivity contribution in [2.24, 2.45) is 11.8 Å². The van der Waals surface area contributed by atoms with E-state index in [-0.39, 0.29) is 11.8 Å². The molecule has 0 aliphatic heterocycles. The average molecular weight is 111 g/mol. The third kappa shape index (κ3) is 1.92. The SMILES string of the molecule is C=CC(C)C(C)[C]=O. The van der Waals surface area contributed by atoms with Crippen molar-refractivity contribution in [1.29, 1.82) is 0 Å². The molecule has 0 aromatic rings. The molecule has 2 atom stereocenters. The fourth-order valence-corrected chi connectivity index (χ4v) is 0.311. The van der Waals surface area contributed by atoms with Crippen LogP contribution in [0.15, 0.2) is 12.7 Å². The zero-order chi connectivity index (χ0) is 6.57. The van der Waals surface area contributed by atoms with Gasteiger partial charge >= 0.3 is 0 Å². The van der Waals surface area contributed by atoms with E-state index in [4.69, 9.17) is 0 Å². The quantitative estimate of drug-likeness (QED) is 0.505. The second-order valence-corrected chi connectivity index (χ2v) is 2.00. The largest absolute Gasteiger partial charge is 0.291 e. The van der Waals surface area contributed by atoms with Crippen LogP contribution < -0.4 is 0 Å². The predicted molar refractivity (Wildman–Crippen MR) is 34.2 cm³/mol. The summed E-state index contributed by atoms with van der Waals surface area (Å²) < 4.78 is 0. The predicted octanol–water partition coefficient (Wildman–Crippen LogP) is 1.55. The Bertz CT molecular complexity index is 74.4. The summed E-state index contributed by atoms with van der Waals surface area (Å²) in [6.45, 7) is 7.33. The number of allylic oxidation sites excluding steroid dienone is 1. The molecule has 2 unspecified atom stereocenters. The van der Waals surface area contributed by atoms with E-state index < -0.39 is 0 Å². The first kappa shape index (κ1) is 7.41. The maximum absolute atomic E-state index is 9.93. The van der Waals surface area contributed by atoms with Crippen LogP contribution in [0.2, 0.25) is 0 Å². The summed E-state index contributed by atoms with van der Waals surface area (Å²) in [5.41, 5.74) is 0. The van der Waals surface area contributed by atoms with Crippen LogP contribution in [0.4, 0.5) is 0 Å². The Kier molecular flexibility index (Phi) is 3.16. The first-order chi connectivity index (χ1) is 3.72. The molecule has 0 bridgehead atoms. The molecule has 0 N–H and O–H groups in total. The Morgan fingerprint density at radius 1 is 1.62 bits per heavy atom. The Balaban J connectivity index is 3.60. The highest BCUT2D eigenvalue weighted by Gasteiger charge is 2.05. The maximum Gasteiger partial charge on any atom is 0.202 e. The molecule has 0 aromatic heterocycles. The number of carbonyl (C=O) groups excluding carboxylic acids is 1. The van der Waals surface area contributed by atoms with E-state index in [9.17, 15) is 4.79 Å². The van der Waals surface area contributed by atoms with Crippen LogP contribution in [0.5, 0.6) is 0 Å². The Hall–Kier alpha value is -0.590. The molecule has 0 aromatic carbocycles. The van der Waals surface area contributed by atoms with Gasteiger partial charge in [0.25, 0.3) is 0 Å². The van der Waals surface area contributed by atoms with Crippen LogP contribution in [-0.2, 0) is 4.79 Å². The summed E-state index contributed by atoms with van der Waals surface area (Å²) in [5, 5.41) is 0. The minimum atomic E-state index is -0.00694. The molecule has 0 heterocycles. The lowest BCUT2D eigenvalue weighted by Gasteiger charge is -2.05.